The van der Waals surface area contributed by atoms with Gasteiger partial charge in [-0.1, -0.05) is 6.07 Å². The van der Waals surface area contributed by atoms with Crippen LogP contribution in [0.3, 0.4) is 0 Å². The molecule has 3 rings (SSSR count). The molecule has 1 saturated heterocycles. The van der Waals surface area contributed by atoms with E-state index in [0.29, 0.717) is 11.8 Å². The van der Waals surface area contributed by atoms with Crippen molar-refractivity contribution >= 4 is 17.2 Å². The van der Waals surface area contributed by atoms with Gasteiger partial charge < -0.3 is 10.1 Å². The Kier molecular flexibility index (Phi) is 6.04. The molecule has 5 nitrogen and oxygen atoms in total. The van der Waals surface area contributed by atoms with Gasteiger partial charge in [0.15, 0.2) is 5.82 Å². The molecule has 2 aromatic heterocycles. The highest BCUT2D eigenvalue weighted by Gasteiger charge is 2.20. The van der Waals surface area contributed by atoms with Crippen LogP contribution in [-0.4, -0.2) is 40.6 Å². The molecular weight excluding hydrogens is 320 g/mol. The third-order valence-corrected chi connectivity index (χ3v) is 5.10. The van der Waals surface area contributed by atoms with Crippen molar-refractivity contribution in [2.24, 2.45) is 5.92 Å². The molecule has 1 aliphatic rings. The number of nitrogens with one attached hydrogen (secondary N) is 1. The van der Waals surface area contributed by atoms with Crippen molar-refractivity contribution in [2.45, 2.75) is 39.3 Å². The van der Waals surface area contributed by atoms with Gasteiger partial charge in [0.1, 0.15) is 0 Å². The van der Waals surface area contributed by atoms with Crippen LogP contribution in [0.15, 0.2) is 29.9 Å². The normalized spacial score (nSPS) is 16.5. The minimum Gasteiger partial charge on any atom is -0.472 e. The van der Waals surface area contributed by atoms with E-state index in [1.807, 2.05) is 25.2 Å². The van der Waals surface area contributed by atoms with Gasteiger partial charge in [-0.15, -0.1) is 11.3 Å². The summed E-state index contributed by atoms with van der Waals surface area (Å²) in [5.41, 5.74) is 0. The van der Waals surface area contributed by atoms with Gasteiger partial charge >= 0.3 is 0 Å². The molecule has 1 fully saturated rings. The lowest BCUT2D eigenvalue weighted by atomic mass is 9.97. The Balaban J connectivity index is 1.45. The first-order valence-electron chi connectivity index (χ1n) is 8.67. The Labute approximate surface area is 148 Å². The first-order chi connectivity index (χ1) is 11.7. The van der Waals surface area contributed by atoms with Crippen LogP contribution in [0.2, 0.25) is 0 Å². The van der Waals surface area contributed by atoms with E-state index >= 15 is 0 Å². The molecule has 0 bridgehead atoms. The van der Waals surface area contributed by atoms with Crippen LogP contribution in [-0.2, 0) is 6.54 Å². The maximum atomic E-state index is 5.72. The standard InChI is InChI=1S/C18H26N4OS/c1-14(2)23-18-17(19-7-8-20-18)21-12-15-5-9-22(10-6-15)13-16-4-3-11-24-16/h3-4,7-8,11,14-15H,5-6,9-10,12-13H2,1-2H3,(H,19,21). The summed E-state index contributed by atoms with van der Waals surface area (Å²) in [7, 11) is 0. The third-order valence-electron chi connectivity index (χ3n) is 4.24. The van der Waals surface area contributed by atoms with Crippen molar-refractivity contribution < 1.29 is 4.74 Å². The lowest BCUT2D eigenvalue weighted by Crippen LogP contribution is -2.35. The number of piperidine rings is 1. The minimum absolute atomic E-state index is 0.0998. The highest BCUT2D eigenvalue weighted by molar-refractivity contribution is 7.09. The summed E-state index contributed by atoms with van der Waals surface area (Å²) in [5.74, 6) is 2.04. The Morgan fingerprint density at radius 2 is 2.08 bits per heavy atom. The van der Waals surface area contributed by atoms with Crippen LogP contribution in [0, 0.1) is 5.92 Å². The highest BCUT2D eigenvalue weighted by atomic mass is 32.1. The number of anilines is 1. The van der Waals surface area contributed by atoms with E-state index in [2.05, 4.69) is 37.7 Å². The maximum Gasteiger partial charge on any atom is 0.257 e. The van der Waals surface area contributed by atoms with Crippen molar-refractivity contribution in [3.8, 4) is 5.88 Å². The molecule has 0 spiro atoms. The topological polar surface area (TPSA) is 50.3 Å². The van der Waals surface area contributed by atoms with Crippen molar-refractivity contribution in [1.29, 1.82) is 0 Å². The van der Waals surface area contributed by atoms with E-state index < -0.39 is 0 Å². The van der Waals surface area contributed by atoms with Gasteiger partial charge in [0.05, 0.1) is 6.10 Å². The molecule has 0 atom stereocenters. The molecule has 1 N–H and O–H groups in total. The van der Waals surface area contributed by atoms with Crippen molar-refractivity contribution in [1.82, 2.24) is 14.9 Å². The van der Waals surface area contributed by atoms with Gasteiger partial charge in [-0.2, -0.15) is 0 Å². The van der Waals surface area contributed by atoms with Gasteiger partial charge in [-0.05, 0) is 57.1 Å². The van der Waals surface area contributed by atoms with Crippen molar-refractivity contribution in [3.05, 3.63) is 34.8 Å². The summed E-state index contributed by atoms with van der Waals surface area (Å²) in [5, 5.41) is 5.59. The molecule has 0 saturated carbocycles. The molecule has 0 unspecified atom stereocenters. The van der Waals surface area contributed by atoms with Gasteiger partial charge in [-0.3, -0.25) is 4.90 Å². The molecule has 0 amide bonds. The second kappa shape index (κ2) is 8.44. The molecule has 24 heavy (non-hydrogen) atoms. The van der Waals surface area contributed by atoms with E-state index in [0.717, 1.165) is 18.9 Å². The third kappa shape index (κ3) is 4.92. The maximum absolute atomic E-state index is 5.72. The van der Waals surface area contributed by atoms with Crippen LogP contribution in [0.1, 0.15) is 31.6 Å². The average molecular weight is 347 g/mol. The molecule has 2 aromatic rings. The summed E-state index contributed by atoms with van der Waals surface area (Å²) in [6.07, 6.45) is 5.92. The first kappa shape index (κ1) is 17.2. The van der Waals surface area contributed by atoms with Crippen molar-refractivity contribution in [2.75, 3.05) is 25.0 Å². The van der Waals surface area contributed by atoms with Gasteiger partial charge in [0.2, 0.25) is 0 Å². The fourth-order valence-corrected chi connectivity index (χ4v) is 3.71. The Hall–Kier alpha value is -1.66. The van der Waals surface area contributed by atoms with E-state index in [4.69, 9.17) is 4.74 Å². The Morgan fingerprint density at radius 3 is 2.79 bits per heavy atom. The highest BCUT2D eigenvalue weighted by Crippen LogP contribution is 2.23. The number of nitrogens with zero attached hydrogens (tertiary/aromatic N) is 3. The predicted molar refractivity (Wildman–Crippen MR) is 98.6 cm³/mol. The zero-order chi connectivity index (χ0) is 16.8. The fraction of sp³-hybridized carbons (Fsp3) is 0.556. The van der Waals surface area contributed by atoms with Gasteiger partial charge in [0.25, 0.3) is 5.88 Å². The number of hydrogen-bond donors (Lipinski definition) is 1. The molecule has 0 aromatic carbocycles. The summed E-state index contributed by atoms with van der Waals surface area (Å²) < 4.78 is 5.72. The van der Waals surface area contributed by atoms with Gasteiger partial charge in [-0.25, -0.2) is 9.97 Å². The van der Waals surface area contributed by atoms with E-state index in [1.165, 1.54) is 30.8 Å². The molecule has 6 heteroatoms. The predicted octanol–water partition coefficient (Wildman–Crippen LogP) is 3.65. The summed E-state index contributed by atoms with van der Waals surface area (Å²) in [6.45, 7) is 8.36. The number of hydrogen-bond acceptors (Lipinski definition) is 6. The first-order valence-corrected chi connectivity index (χ1v) is 9.55. The van der Waals surface area contributed by atoms with E-state index in [9.17, 15) is 0 Å². The van der Waals surface area contributed by atoms with Crippen LogP contribution in [0.5, 0.6) is 5.88 Å². The smallest absolute Gasteiger partial charge is 0.257 e. The zero-order valence-electron chi connectivity index (χ0n) is 14.4. The van der Waals surface area contributed by atoms with Crippen LogP contribution in [0.25, 0.3) is 0 Å². The SMILES string of the molecule is CC(C)Oc1nccnc1NCC1CCN(Cc2cccs2)CC1. The monoisotopic (exact) mass is 346 g/mol. The largest absolute Gasteiger partial charge is 0.472 e. The van der Waals surface area contributed by atoms with Crippen LogP contribution >= 0.6 is 11.3 Å². The quantitative estimate of drug-likeness (QED) is 0.829. The lowest BCUT2D eigenvalue weighted by molar-refractivity contribution is 0.183. The van der Waals surface area contributed by atoms with Crippen LogP contribution < -0.4 is 10.1 Å². The minimum atomic E-state index is 0.0998. The summed E-state index contributed by atoms with van der Waals surface area (Å²) >= 11 is 1.85. The Bertz CT molecular complexity index is 609. The van der Waals surface area contributed by atoms with Crippen LogP contribution in [0.4, 0.5) is 5.82 Å². The fourth-order valence-electron chi connectivity index (χ4n) is 2.97. The molecule has 0 aliphatic carbocycles. The van der Waals surface area contributed by atoms with E-state index in [1.54, 1.807) is 12.4 Å². The number of thiophene rings is 1. The van der Waals surface area contributed by atoms with E-state index in [-0.39, 0.29) is 6.10 Å². The molecule has 0 radical (unpaired) electrons. The molecule has 3 heterocycles. The number of rotatable bonds is 7. The molecule has 1 aliphatic heterocycles. The number of aromatic nitrogens is 2. The molecular formula is C18H26N4OS. The molecule has 130 valence electrons. The number of likely N-dealkylation sites (tertiary alicyclic amines) is 1. The van der Waals surface area contributed by atoms with Crippen molar-refractivity contribution in [3.63, 3.8) is 0 Å². The summed E-state index contributed by atoms with van der Waals surface area (Å²) in [6, 6.07) is 4.36. The number of ether oxygens (including phenoxy) is 1. The second-order valence-corrected chi connectivity index (χ2v) is 7.59. The lowest BCUT2D eigenvalue weighted by Gasteiger charge is -2.31. The zero-order valence-corrected chi connectivity index (χ0v) is 15.3. The second-order valence-electron chi connectivity index (χ2n) is 6.56. The van der Waals surface area contributed by atoms with Gasteiger partial charge in [0, 0.05) is 30.4 Å². The average Bonchev–Trinajstić information content (AvgIpc) is 3.08. The summed E-state index contributed by atoms with van der Waals surface area (Å²) in [4.78, 5) is 12.7. The Morgan fingerprint density at radius 1 is 1.29 bits per heavy atom.